The van der Waals surface area contributed by atoms with Crippen LogP contribution in [0.4, 0.5) is 4.79 Å². The maximum atomic E-state index is 12.3. The third-order valence-corrected chi connectivity index (χ3v) is 5.06. The number of alkyl carbamates (subject to hydrolysis) is 1. The zero-order chi connectivity index (χ0) is 22.5. The van der Waals surface area contributed by atoms with E-state index in [-0.39, 0.29) is 12.5 Å². The molecule has 9 heteroatoms. The highest BCUT2D eigenvalue weighted by atomic mass is 16.5. The molecule has 9 nitrogen and oxygen atoms in total. The molecule has 0 aliphatic heterocycles. The summed E-state index contributed by atoms with van der Waals surface area (Å²) in [7, 11) is 0. The molecule has 2 unspecified atom stereocenters. The standard InChI is InChI=1S/C22H22N2O7/c1-12(21(28)29)23-20(27)18(10-19(25)26)24-22(30)31-11-17-15-8-4-2-6-13(15)14-7-3-5-9-16(14)17/h2-9,12,17-18H,10-11H2,1H3,(H,23,27)(H,24,30)(H,25,26)(H,28,29). The van der Waals surface area contributed by atoms with Gasteiger partial charge in [-0.15, -0.1) is 0 Å². The van der Waals surface area contributed by atoms with Gasteiger partial charge >= 0.3 is 18.0 Å². The van der Waals surface area contributed by atoms with E-state index in [2.05, 4.69) is 10.6 Å². The zero-order valence-electron chi connectivity index (χ0n) is 16.7. The number of carbonyl (C=O) groups is 4. The van der Waals surface area contributed by atoms with Gasteiger partial charge in [-0.2, -0.15) is 0 Å². The molecule has 3 rings (SSSR count). The lowest BCUT2D eigenvalue weighted by atomic mass is 9.98. The molecule has 1 aliphatic rings. The molecular weight excluding hydrogens is 404 g/mol. The molecule has 0 bridgehead atoms. The first kappa shape index (κ1) is 21.8. The van der Waals surface area contributed by atoms with E-state index < -0.39 is 42.4 Å². The Hall–Kier alpha value is -3.88. The summed E-state index contributed by atoms with van der Waals surface area (Å²) in [5, 5.41) is 22.3. The molecule has 4 N–H and O–H groups in total. The van der Waals surface area contributed by atoms with Gasteiger partial charge in [-0.05, 0) is 29.2 Å². The Morgan fingerprint density at radius 2 is 1.48 bits per heavy atom. The molecule has 0 heterocycles. The highest BCUT2D eigenvalue weighted by Gasteiger charge is 2.30. The van der Waals surface area contributed by atoms with E-state index in [1.54, 1.807) is 0 Å². The van der Waals surface area contributed by atoms with Gasteiger partial charge in [-0.25, -0.2) is 4.79 Å². The van der Waals surface area contributed by atoms with Crippen LogP contribution in [-0.4, -0.2) is 52.8 Å². The Labute approximate surface area is 178 Å². The monoisotopic (exact) mass is 426 g/mol. The predicted molar refractivity (Wildman–Crippen MR) is 109 cm³/mol. The number of hydrogen-bond acceptors (Lipinski definition) is 5. The number of nitrogens with one attached hydrogen (secondary N) is 2. The van der Waals surface area contributed by atoms with Crippen LogP contribution in [0.1, 0.15) is 30.4 Å². The van der Waals surface area contributed by atoms with Crippen LogP contribution >= 0.6 is 0 Å². The number of rotatable bonds is 8. The maximum Gasteiger partial charge on any atom is 0.407 e. The second-order valence-corrected chi connectivity index (χ2v) is 7.19. The van der Waals surface area contributed by atoms with Crippen molar-refractivity contribution in [3.8, 4) is 11.1 Å². The number of carboxylic acids is 2. The molecule has 0 aromatic heterocycles. The highest BCUT2D eigenvalue weighted by molar-refractivity contribution is 5.91. The number of amides is 2. The molecule has 0 saturated carbocycles. The Kier molecular flexibility index (Phi) is 6.54. The summed E-state index contributed by atoms with van der Waals surface area (Å²) in [6.07, 6.45) is -1.69. The van der Waals surface area contributed by atoms with E-state index in [1.165, 1.54) is 6.92 Å². The quantitative estimate of drug-likeness (QED) is 0.505. The van der Waals surface area contributed by atoms with Crippen LogP contribution in [0.2, 0.25) is 0 Å². The van der Waals surface area contributed by atoms with Crippen molar-refractivity contribution in [2.24, 2.45) is 0 Å². The van der Waals surface area contributed by atoms with Gasteiger partial charge in [-0.3, -0.25) is 14.4 Å². The fraction of sp³-hybridized carbons (Fsp3) is 0.273. The van der Waals surface area contributed by atoms with E-state index in [0.717, 1.165) is 22.3 Å². The van der Waals surface area contributed by atoms with Crippen LogP contribution in [-0.2, 0) is 19.1 Å². The normalized spacial score (nSPS) is 14.0. The summed E-state index contributed by atoms with van der Waals surface area (Å²) in [6.45, 7) is 1.22. The molecule has 2 aromatic rings. The second kappa shape index (κ2) is 9.29. The van der Waals surface area contributed by atoms with Crippen molar-refractivity contribution < 1.29 is 34.1 Å². The number of benzene rings is 2. The first-order valence-corrected chi connectivity index (χ1v) is 9.64. The lowest BCUT2D eigenvalue weighted by Gasteiger charge is -2.19. The first-order valence-electron chi connectivity index (χ1n) is 9.64. The van der Waals surface area contributed by atoms with Crippen molar-refractivity contribution in [1.29, 1.82) is 0 Å². The van der Waals surface area contributed by atoms with E-state index in [1.807, 2.05) is 48.5 Å². The largest absolute Gasteiger partial charge is 0.481 e. The molecule has 0 radical (unpaired) electrons. The van der Waals surface area contributed by atoms with Gasteiger partial charge in [-0.1, -0.05) is 48.5 Å². The minimum Gasteiger partial charge on any atom is -0.481 e. The summed E-state index contributed by atoms with van der Waals surface area (Å²) in [6, 6.07) is 12.8. The number of carboxylic acid groups (broad SMARTS) is 2. The fourth-order valence-corrected chi connectivity index (χ4v) is 3.54. The van der Waals surface area contributed by atoms with E-state index in [4.69, 9.17) is 14.9 Å². The zero-order valence-corrected chi connectivity index (χ0v) is 16.7. The minimum absolute atomic E-state index is 0.00714. The molecule has 162 valence electrons. The number of fused-ring (bicyclic) bond motifs is 3. The summed E-state index contributed by atoms with van der Waals surface area (Å²) in [5.41, 5.74) is 4.12. The summed E-state index contributed by atoms with van der Waals surface area (Å²) in [4.78, 5) is 46.5. The van der Waals surface area contributed by atoms with Crippen LogP contribution in [0.3, 0.4) is 0 Å². The van der Waals surface area contributed by atoms with Crippen molar-refractivity contribution in [3.63, 3.8) is 0 Å². The van der Waals surface area contributed by atoms with Crippen LogP contribution in [0.15, 0.2) is 48.5 Å². The molecule has 2 amide bonds. The first-order chi connectivity index (χ1) is 14.8. The van der Waals surface area contributed by atoms with E-state index in [0.29, 0.717) is 0 Å². The molecule has 0 fully saturated rings. The predicted octanol–water partition coefficient (Wildman–Crippen LogP) is 1.96. The average Bonchev–Trinajstić information content (AvgIpc) is 3.05. The molecule has 0 saturated heterocycles. The Morgan fingerprint density at radius 1 is 0.935 bits per heavy atom. The average molecular weight is 426 g/mol. The van der Waals surface area contributed by atoms with E-state index in [9.17, 15) is 19.2 Å². The Bertz CT molecular complexity index is 975. The molecule has 0 spiro atoms. The van der Waals surface area contributed by atoms with Crippen LogP contribution < -0.4 is 10.6 Å². The third-order valence-electron chi connectivity index (χ3n) is 5.06. The smallest absolute Gasteiger partial charge is 0.407 e. The fourth-order valence-electron chi connectivity index (χ4n) is 3.54. The topological polar surface area (TPSA) is 142 Å². The van der Waals surface area contributed by atoms with E-state index >= 15 is 0 Å². The van der Waals surface area contributed by atoms with Gasteiger partial charge in [0.2, 0.25) is 5.91 Å². The molecule has 1 aliphatic carbocycles. The lowest BCUT2D eigenvalue weighted by molar-refractivity contribution is -0.142. The molecule has 2 aromatic carbocycles. The molecule has 31 heavy (non-hydrogen) atoms. The van der Waals surface area contributed by atoms with Crippen LogP contribution in [0.5, 0.6) is 0 Å². The SMILES string of the molecule is CC(NC(=O)C(CC(=O)O)NC(=O)OCC1c2ccccc2-c2ccccc21)C(=O)O. The number of hydrogen-bond donors (Lipinski definition) is 4. The maximum absolute atomic E-state index is 12.3. The number of ether oxygens (including phenoxy) is 1. The summed E-state index contributed by atoms with van der Waals surface area (Å²) in [5.74, 6) is -3.74. The third kappa shape index (κ3) is 5.00. The lowest BCUT2D eigenvalue weighted by Crippen LogP contribution is -2.51. The molecule has 2 atom stereocenters. The Morgan fingerprint density at radius 3 is 2.00 bits per heavy atom. The van der Waals surface area contributed by atoms with Gasteiger partial charge < -0.3 is 25.6 Å². The van der Waals surface area contributed by atoms with Crippen LogP contribution in [0, 0.1) is 0 Å². The van der Waals surface area contributed by atoms with Gasteiger partial charge in [0, 0.05) is 5.92 Å². The van der Waals surface area contributed by atoms with Crippen molar-refractivity contribution in [2.45, 2.75) is 31.3 Å². The van der Waals surface area contributed by atoms with Gasteiger partial charge in [0.25, 0.3) is 0 Å². The van der Waals surface area contributed by atoms with Crippen LogP contribution in [0.25, 0.3) is 11.1 Å². The van der Waals surface area contributed by atoms with Gasteiger partial charge in [0.1, 0.15) is 18.7 Å². The van der Waals surface area contributed by atoms with Gasteiger partial charge in [0.15, 0.2) is 0 Å². The Balaban J connectivity index is 1.67. The minimum atomic E-state index is -1.48. The number of carbonyl (C=O) groups excluding carboxylic acids is 2. The summed E-state index contributed by atoms with van der Waals surface area (Å²) >= 11 is 0. The molecular formula is C22H22N2O7. The second-order valence-electron chi connectivity index (χ2n) is 7.19. The summed E-state index contributed by atoms with van der Waals surface area (Å²) < 4.78 is 5.32. The van der Waals surface area contributed by atoms with Crippen molar-refractivity contribution in [3.05, 3.63) is 59.7 Å². The number of aliphatic carboxylic acids is 2. The van der Waals surface area contributed by atoms with Crippen molar-refractivity contribution in [2.75, 3.05) is 6.61 Å². The van der Waals surface area contributed by atoms with Gasteiger partial charge in [0.05, 0.1) is 6.42 Å². The van der Waals surface area contributed by atoms with Crippen molar-refractivity contribution in [1.82, 2.24) is 10.6 Å². The van der Waals surface area contributed by atoms with Crippen molar-refractivity contribution >= 4 is 23.9 Å². The highest BCUT2D eigenvalue weighted by Crippen LogP contribution is 2.44.